The average Bonchev–Trinajstić information content (AvgIpc) is 2.51. The molecule has 0 saturated heterocycles. The molecule has 0 radical (unpaired) electrons. The van der Waals surface area contributed by atoms with E-state index >= 15 is 0 Å². The van der Waals surface area contributed by atoms with E-state index in [0.29, 0.717) is 28.5 Å². The molecule has 0 saturated carbocycles. The van der Waals surface area contributed by atoms with E-state index < -0.39 is 6.10 Å². The summed E-state index contributed by atoms with van der Waals surface area (Å²) in [6.45, 7) is 0. The Morgan fingerprint density at radius 3 is 2.56 bits per heavy atom. The highest BCUT2D eigenvalue weighted by Crippen LogP contribution is 2.26. The van der Waals surface area contributed by atoms with Gasteiger partial charge in [0.05, 0.1) is 12.1 Å². The van der Waals surface area contributed by atoms with Crippen molar-refractivity contribution in [2.75, 3.05) is 0 Å². The Morgan fingerprint density at radius 2 is 1.89 bits per heavy atom. The maximum Gasteiger partial charge on any atom is 0.242 e. The Labute approximate surface area is 111 Å². The highest BCUT2D eigenvalue weighted by molar-refractivity contribution is 6.30. The third-order valence-electron chi connectivity index (χ3n) is 3.25. The fraction of sp³-hybridized carbons (Fsp3) is 0.357. The van der Waals surface area contributed by atoms with Crippen LogP contribution in [0.5, 0.6) is 0 Å². The second kappa shape index (κ2) is 5.55. The lowest BCUT2D eigenvalue weighted by molar-refractivity contribution is 0.201. The standard InChI is InChI=1S/C14H16ClNO2/c15-10-7-5-9(6-8-10)14(16)13-11(17)3-1-2-4-12(13)18/h5-8,11,16-18H,1-4H2/p+2/t11-/m0/s1. The molecule has 5 N–H and O–H groups in total. The van der Waals surface area contributed by atoms with E-state index in [1.54, 1.807) is 24.3 Å². The van der Waals surface area contributed by atoms with Crippen molar-refractivity contribution in [3.05, 3.63) is 46.2 Å². The number of allylic oxidation sites excluding steroid dienone is 1. The van der Waals surface area contributed by atoms with E-state index in [9.17, 15) is 0 Å². The Bertz CT molecular complexity index is 479. The maximum absolute atomic E-state index is 8.21. The summed E-state index contributed by atoms with van der Waals surface area (Å²) in [4.78, 5) is 0. The summed E-state index contributed by atoms with van der Waals surface area (Å²) in [5.74, 6) is 0.451. The predicted molar refractivity (Wildman–Crippen MR) is 74.8 cm³/mol. The zero-order chi connectivity index (χ0) is 13.1. The van der Waals surface area contributed by atoms with Crippen LogP contribution in [-0.2, 0) is 0 Å². The van der Waals surface area contributed by atoms with Crippen molar-refractivity contribution in [3.63, 3.8) is 0 Å². The van der Waals surface area contributed by atoms with Gasteiger partial charge >= 0.3 is 0 Å². The summed E-state index contributed by atoms with van der Waals surface area (Å²) < 4.78 is 0. The summed E-state index contributed by atoms with van der Waals surface area (Å²) in [5, 5.41) is 24.9. The Hall–Kier alpha value is -1.32. The van der Waals surface area contributed by atoms with Crippen LogP contribution in [-0.4, -0.2) is 22.0 Å². The van der Waals surface area contributed by atoms with Crippen molar-refractivity contribution < 1.29 is 10.2 Å². The molecule has 0 aliphatic heterocycles. The van der Waals surface area contributed by atoms with Crippen molar-refractivity contribution in [1.29, 1.82) is 5.41 Å². The molecule has 96 valence electrons. The third kappa shape index (κ3) is 2.74. The van der Waals surface area contributed by atoms with E-state index in [0.717, 1.165) is 24.8 Å². The predicted octanol–water partition coefficient (Wildman–Crippen LogP) is 2.35. The lowest BCUT2D eigenvalue weighted by Crippen LogP contribution is -2.19. The number of hydrogen-bond acceptors (Lipinski definition) is 1. The second-order valence-corrected chi connectivity index (χ2v) is 5.01. The van der Waals surface area contributed by atoms with E-state index in [1.165, 1.54) is 0 Å². The van der Waals surface area contributed by atoms with Gasteiger partial charge < -0.3 is 10.2 Å². The molecule has 1 atom stereocenters. The molecular weight excluding hydrogens is 250 g/mol. The zero-order valence-corrected chi connectivity index (χ0v) is 10.8. The summed E-state index contributed by atoms with van der Waals surface area (Å²) >= 11 is 5.83. The van der Waals surface area contributed by atoms with Crippen LogP contribution in [0.15, 0.2) is 35.6 Å². The van der Waals surface area contributed by atoms with Crippen LogP contribution in [0.25, 0.3) is 0 Å². The molecule has 2 rings (SSSR count). The van der Waals surface area contributed by atoms with Gasteiger partial charge in [0.25, 0.3) is 0 Å². The van der Waals surface area contributed by atoms with Gasteiger partial charge in [-0.3, -0.25) is 5.41 Å². The SMILES string of the molecule is N=C(C1=C([OH2+])CCCC[C@@H]1[OH2+])c1ccc(Cl)cc1. The smallest absolute Gasteiger partial charge is 0.242 e. The molecule has 0 heterocycles. The zero-order valence-electron chi connectivity index (χ0n) is 10.1. The minimum Gasteiger partial charge on any atom is -0.596 e. The summed E-state index contributed by atoms with van der Waals surface area (Å²) in [7, 11) is 0. The topological polar surface area (TPSA) is 69.7 Å². The van der Waals surface area contributed by atoms with Gasteiger partial charge in [0, 0.05) is 17.0 Å². The molecule has 1 aromatic rings. The molecule has 0 fully saturated rings. The average molecular weight is 268 g/mol. The van der Waals surface area contributed by atoms with Crippen LogP contribution in [0, 0.1) is 5.41 Å². The van der Waals surface area contributed by atoms with Crippen molar-refractivity contribution in [1.82, 2.24) is 0 Å². The van der Waals surface area contributed by atoms with Gasteiger partial charge in [-0.05, 0) is 25.0 Å². The van der Waals surface area contributed by atoms with Gasteiger partial charge in [-0.1, -0.05) is 23.7 Å². The molecule has 0 amide bonds. The van der Waals surface area contributed by atoms with Gasteiger partial charge in [0.15, 0.2) is 6.10 Å². The number of hydrogen-bond donors (Lipinski definition) is 1. The number of rotatable bonds is 2. The van der Waals surface area contributed by atoms with Crippen LogP contribution < -0.4 is 0 Å². The molecule has 1 aliphatic carbocycles. The van der Waals surface area contributed by atoms with Gasteiger partial charge in [-0.2, -0.15) is 0 Å². The molecule has 0 bridgehead atoms. The number of halogens is 1. The first-order valence-corrected chi connectivity index (χ1v) is 6.48. The van der Waals surface area contributed by atoms with E-state index in [2.05, 4.69) is 0 Å². The third-order valence-corrected chi connectivity index (χ3v) is 3.50. The molecule has 0 unspecified atom stereocenters. The quantitative estimate of drug-likeness (QED) is 0.631. The highest BCUT2D eigenvalue weighted by atomic mass is 35.5. The summed E-state index contributed by atoms with van der Waals surface area (Å²) in [5.41, 5.74) is 1.62. The fourth-order valence-electron chi connectivity index (χ4n) is 2.24. The Balaban J connectivity index is 2.34. The van der Waals surface area contributed by atoms with Crippen LogP contribution in [0.3, 0.4) is 0 Å². The largest absolute Gasteiger partial charge is 0.596 e. The molecule has 0 spiro atoms. The lowest BCUT2D eigenvalue weighted by atomic mass is 9.96. The van der Waals surface area contributed by atoms with Crippen molar-refractivity contribution >= 4 is 17.3 Å². The van der Waals surface area contributed by atoms with Crippen LogP contribution >= 0.6 is 11.6 Å². The van der Waals surface area contributed by atoms with Gasteiger partial charge in [-0.15, -0.1) is 0 Å². The van der Waals surface area contributed by atoms with Crippen molar-refractivity contribution in [3.8, 4) is 0 Å². The maximum atomic E-state index is 8.21. The van der Waals surface area contributed by atoms with Crippen molar-refractivity contribution in [2.45, 2.75) is 31.8 Å². The molecule has 4 heteroatoms. The molecule has 0 aromatic heterocycles. The summed E-state index contributed by atoms with van der Waals surface area (Å²) in [6, 6.07) is 7.04. The normalized spacial score (nSPS) is 20.7. The minimum atomic E-state index is -0.442. The molecule has 3 nitrogen and oxygen atoms in total. The fourth-order valence-corrected chi connectivity index (χ4v) is 2.36. The second-order valence-electron chi connectivity index (χ2n) is 4.57. The van der Waals surface area contributed by atoms with Crippen molar-refractivity contribution in [2.24, 2.45) is 0 Å². The number of nitrogens with one attached hydrogen (secondary N) is 1. The first-order valence-electron chi connectivity index (χ1n) is 6.10. The van der Waals surface area contributed by atoms with E-state index in [4.69, 9.17) is 27.2 Å². The van der Waals surface area contributed by atoms with Crippen LogP contribution in [0.1, 0.15) is 31.2 Å². The lowest BCUT2D eigenvalue weighted by Gasteiger charge is -2.10. The van der Waals surface area contributed by atoms with Crippen LogP contribution in [0.4, 0.5) is 0 Å². The molecular formula is C14H18ClNO2+2. The number of benzene rings is 1. The van der Waals surface area contributed by atoms with Gasteiger partial charge in [0.1, 0.15) is 5.57 Å². The molecule has 1 aromatic carbocycles. The minimum absolute atomic E-state index is 0.304. The first-order chi connectivity index (χ1) is 8.59. The summed E-state index contributed by atoms with van der Waals surface area (Å²) in [6.07, 6.45) is 2.90. The van der Waals surface area contributed by atoms with E-state index in [-0.39, 0.29) is 0 Å². The van der Waals surface area contributed by atoms with E-state index in [1.807, 2.05) is 0 Å². The van der Waals surface area contributed by atoms with Crippen LogP contribution in [0.2, 0.25) is 5.02 Å². The molecule has 1 aliphatic rings. The highest BCUT2D eigenvalue weighted by Gasteiger charge is 2.30. The molecule has 18 heavy (non-hydrogen) atoms. The van der Waals surface area contributed by atoms with Gasteiger partial charge in [0.2, 0.25) is 5.76 Å². The van der Waals surface area contributed by atoms with Gasteiger partial charge in [-0.25, -0.2) is 0 Å². The first kappa shape index (κ1) is 13.1. The monoisotopic (exact) mass is 267 g/mol. The Kier molecular flexibility index (Phi) is 4.04. The Morgan fingerprint density at radius 1 is 1.22 bits per heavy atom.